The molecule has 1 heterocycles. The summed E-state index contributed by atoms with van der Waals surface area (Å²) < 4.78 is 5.14. The van der Waals surface area contributed by atoms with E-state index in [2.05, 4.69) is 16.0 Å². The van der Waals surface area contributed by atoms with Gasteiger partial charge in [0, 0.05) is 25.3 Å². The van der Waals surface area contributed by atoms with E-state index in [1.54, 1.807) is 32.9 Å². The number of amides is 3. The fraction of sp³-hybridized carbons (Fsp3) is 0.545. The van der Waals surface area contributed by atoms with E-state index in [0.717, 1.165) is 19.4 Å². The number of hydrogen-bond acceptors (Lipinski definition) is 6. The molecule has 1 aliphatic rings. The molecule has 1 aromatic rings. The molecule has 3 N–H and O–H groups in total. The van der Waals surface area contributed by atoms with E-state index >= 15 is 0 Å². The molecule has 0 spiro atoms. The highest BCUT2D eigenvalue weighted by molar-refractivity contribution is 6.32. The number of hydrogen-bond donors (Lipinski definition) is 3. The predicted molar refractivity (Wildman–Crippen MR) is 121 cm³/mol. The van der Waals surface area contributed by atoms with Crippen molar-refractivity contribution in [2.24, 2.45) is 5.92 Å². The molecule has 2 rings (SSSR count). The SMILES string of the molecule is CC(C)(C)OC(=O)NCCNC(=O)C1CCCN(CC(=O)Nc2ccc(C#N)c(Cl)c2)C1. The molecule has 174 valence electrons. The fourth-order valence-electron chi connectivity index (χ4n) is 3.31. The summed E-state index contributed by atoms with van der Waals surface area (Å²) in [6.45, 7) is 7.27. The first-order valence-electron chi connectivity index (χ1n) is 10.5. The smallest absolute Gasteiger partial charge is 0.407 e. The predicted octanol–water partition coefficient (Wildman–Crippen LogP) is 2.50. The second-order valence-electron chi connectivity index (χ2n) is 8.65. The van der Waals surface area contributed by atoms with Crippen LogP contribution < -0.4 is 16.0 Å². The van der Waals surface area contributed by atoms with E-state index in [9.17, 15) is 14.4 Å². The lowest BCUT2D eigenvalue weighted by Crippen LogP contribution is -2.46. The van der Waals surface area contributed by atoms with Crippen molar-refractivity contribution < 1.29 is 19.1 Å². The largest absolute Gasteiger partial charge is 0.444 e. The summed E-state index contributed by atoms with van der Waals surface area (Å²) in [6, 6.07) is 6.69. The molecule has 0 saturated carbocycles. The van der Waals surface area contributed by atoms with E-state index in [-0.39, 0.29) is 35.8 Å². The number of nitriles is 1. The molecule has 1 aliphatic heterocycles. The number of carbonyl (C=O) groups is 3. The van der Waals surface area contributed by atoms with E-state index in [1.807, 2.05) is 11.0 Å². The second-order valence-corrected chi connectivity index (χ2v) is 9.06. The van der Waals surface area contributed by atoms with Gasteiger partial charge in [0.05, 0.1) is 23.0 Å². The number of benzene rings is 1. The minimum atomic E-state index is -0.572. The Labute approximate surface area is 193 Å². The van der Waals surface area contributed by atoms with Crippen LogP contribution in [0.2, 0.25) is 5.02 Å². The molecule has 0 radical (unpaired) electrons. The first-order chi connectivity index (χ1) is 15.1. The number of alkyl carbamates (subject to hydrolysis) is 1. The Morgan fingerprint density at radius 2 is 1.97 bits per heavy atom. The zero-order valence-corrected chi connectivity index (χ0v) is 19.4. The summed E-state index contributed by atoms with van der Waals surface area (Å²) in [7, 11) is 0. The second kappa shape index (κ2) is 11.7. The Balaban J connectivity index is 1.73. The van der Waals surface area contributed by atoms with Gasteiger partial charge in [0.2, 0.25) is 11.8 Å². The third-order valence-electron chi connectivity index (χ3n) is 4.71. The molecular formula is C22H30ClN5O4. The number of anilines is 1. The third-order valence-corrected chi connectivity index (χ3v) is 5.02. The van der Waals surface area contributed by atoms with E-state index in [4.69, 9.17) is 21.6 Å². The van der Waals surface area contributed by atoms with Crippen LogP contribution in [0.25, 0.3) is 0 Å². The highest BCUT2D eigenvalue weighted by Gasteiger charge is 2.26. The van der Waals surface area contributed by atoms with Gasteiger partial charge in [0.1, 0.15) is 11.7 Å². The number of piperidine rings is 1. The molecule has 1 saturated heterocycles. The number of nitrogens with zero attached hydrogens (tertiary/aromatic N) is 2. The number of halogens is 1. The van der Waals surface area contributed by atoms with E-state index in [0.29, 0.717) is 24.3 Å². The van der Waals surface area contributed by atoms with Crippen molar-refractivity contribution in [1.82, 2.24) is 15.5 Å². The average molecular weight is 464 g/mol. The van der Waals surface area contributed by atoms with Crippen LogP contribution in [0.4, 0.5) is 10.5 Å². The van der Waals surface area contributed by atoms with Gasteiger partial charge in [-0.25, -0.2) is 4.79 Å². The molecule has 0 bridgehead atoms. The zero-order chi connectivity index (χ0) is 23.7. The quantitative estimate of drug-likeness (QED) is 0.534. The van der Waals surface area contributed by atoms with Crippen molar-refractivity contribution in [2.75, 3.05) is 38.0 Å². The Bertz CT molecular complexity index is 878. The van der Waals surface area contributed by atoms with Crippen molar-refractivity contribution in [1.29, 1.82) is 5.26 Å². The van der Waals surface area contributed by atoms with Gasteiger partial charge in [0.15, 0.2) is 0 Å². The lowest BCUT2D eigenvalue weighted by molar-refractivity contribution is -0.127. The van der Waals surface area contributed by atoms with E-state index in [1.165, 1.54) is 6.07 Å². The summed E-state index contributed by atoms with van der Waals surface area (Å²) in [6.07, 6.45) is 1.03. The van der Waals surface area contributed by atoms with E-state index < -0.39 is 11.7 Å². The molecule has 0 aliphatic carbocycles. The normalized spacial score (nSPS) is 16.5. The van der Waals surface area contributed by atoms with Gasteiger partial charge >= 0.3 is 6.09 Å². The summed E-state index contributed by atoms with van der Waals surface area (Å²) in [5.74, 6) is -0.532. The van der Waals surface area contributed by atoms with Gasteiger partial charge in [-0.1, -0.05) is 11.6 Å². The van der Waals surface area contributed by atoms with Gasteiger partial charge in [-0.3, -0.25) is 14.5 Å². The number of nitrogens with one attached hydrogen (secondary N) is 3. The van der Waals surface area contributed by atoms with Gasteiger partial charge in [-0.15, -0.1) is 0 Å². The van der Waals surface area contributed by atoms with Crippen molar-refractivity contribution >= 4 is 35.2 Å². The molecular weight excluding hydrogens is 434 g/mol. The molecule has 1 fully saturated rings. The zero-order valence-electron chi connectivity index (χ0n) is 18.7. The van der Waals surface area contributed by atoms with Gasteiger partial charge in [0.25, 0.3) is 0 Å². The number of ether oxygens (including phenoxy) is 1. The van der Waals surface area contributed by atoms with Crippen LogP contribution in [0.3, 0.4) is 0 Å². The minimum Gasteiger partial charge on any atom is -0.444 e. The van der Waals surface area contributed by atoms with Crippen LogP contribution in [-0.2, 0) is 14.3 Å². The van der Waals surface area contributed by atoms with Gasteiger partial charge in [-0.2, -0.15) is 5.26 Å². The monoisotopic (exact) mass is 463 g/mol. The van der Waals surface area contributed by atoms with Crippen LogP contribution in [0.5, 0.6) is 0 Å². The molecule has 10 heteroatoms. The maximum atomic E-state index is 12.5. The van der Waals surface area contributed by atoms with Crippen molar-refractivity contribution in [2.45, 2.75) is 39.2 Å². The fourth-order valence-corrected chi connectivity index (χ4v) is 3.53. The first kappa shape index (κ1) is 25.4. The Morgan fingerprint density at radius 1 is 1.25 bits per heavy atom. The number of rotatable bonds is 7. The summed E-state index contributed by atoms with van der Waals surface area (Å²) >= 11 is 6.00. The number of likely N-dealkylation sites (tertiary alicyclic amines) is 1. The van der Waals surface area contributed by atoms with Crippen molar-refractivity contribution in [3.05, 3.63) is 28.8 Å². The van der Waals surface area contributed by atoms with Crippen LogP contribution in [-0.4, -0.2) is 61.1 Å². The molecule has 1 aromatic carbocycles. The van der Waals surface area contributed by atoms with Crippen molar-refractivity contribution in [3.63, 3.8) is 0 Å². The topological polar surface area (TPSA) is 124 Å². The lowest BCUT2D eigenvalue weighted by atomic mass is 9.97. The van der Waals surface area contributed by atoms with Gasteiger partial charge < -0.3 is 20.7 Å². The molecule has 1 atom stereocenters. The Hall–Kier alpha value is -2.83. The van der Waals surface area contributed by atoms with Crippen LogP contribution in [0.15, 0.2) is 18.2 Å². The highest BCUT2D eigenvalue weighted by Crippen LogP contribution is 2.21. The lowest BCUT2D eigenvalue weighted by Gasteiger charge is -2.31. The summed E-state index contributed by atoms with van der Waals surface area (Å²) in [4.78, 5) is 38.4. The van der Waals surface area contributed by atoms with Crippen LogP contribution in [0.1, 0.15) is 39.2 Å². The Kier molecular flexibility index (Phi) is 9.29. The average Bonchev–Trinajstić information content (AvgIpc) is 2.70. The summed E-state index contributed by atoms with van der Waals surface area (Å²) in [5, 5.41) is 17.4. The number of carbonyl (C=O) groups excluding carboxylic acids is 3. The van der Waals surface area contributed by atoms with Gasteiger partial charge in [-0.05, 0) is 58.4 Å². The highest BCUT2D eigenvalue weighted by atomic mass is 35.5. The summed E-state index contributed by atoms with van der Waals surface area (Å²) in [5.41, 5.74) is 0.288. The Morgan fingerprint density at radius 3 is 2.62 bits per heavy atom. The van der Waals surface area contributed by atoms with Crippen molar-refractivity contribution in [3.8, 4) is 6.07 Å². The molecule has 3 amide bonds. The van der Waals surface area contributed by atoms with Crippen LogP contribution in [0, 0.1) is 17.2 Å². The van der Waals surface area contributed by atoms with Crippen LogP contribution >= 0.6 is 11.6 Å². The minimum absolute atomic E-state index is 0.0972. The third kappa shape index (κ3) is 8.73. The first-order valence-corrected chi connectivity index (χ1v) is 10.9. The standard InChI is InChI=1S/C22H30ClN5O4/c1-22(2,3)32-21(31)26-9-8-25-20(30)16-5-4-10-28(13-16)14-19(29)27-17-7-6-15(12-24)18(23)11-17/h6-7,11,16H,4-5,8-10,13-14H2,1-3H3,(H,25,30)(H,26,31)(H,27,29). The maximum absolute atomic E-state index is 12.5. The molecule has 9 nitrogen and oxygen atoms in total. The maximum Gasteiger partial charge on any atom is 0.407 e. The molecule has 32 heavy (non-hydrogen) atoms. The molecule has 1 unspecified atom stereocenters. The molecule has 0 aromatic heterocycles.